The second-order valence-corrected chi connectivity index (χ2v) is 5.62. The van der Waals surface area contributed by atoms with Crippen LogP contribution in [-0.2, 0) is 0 Å². The average molecular weight is 323 g/mol. The third kappa shape index (κ3) is 2.30. The Bertz CT molecular complexity index is 801. The first-order valence-electron chi connectivity index (χ1n) is 5.79. The number of halogens is 2. The Kier molecular flexibility index (Phi) is 3.70. The standard InChI is InChI=1S/C14H8Cl2N2OS/c15-6-12(19)11-7-20-14(18-11)9-3-4-10(16)8-2-1-5-17-13(8)9/h1-5,7H,6H2. The molecule has 0 aliphatic carbocycles. The van der Waals surface area contributed by atoms with Gasteiger partial charge in [-0.3, -0.25) is 9.78 Å². The Hall–Kier alpha value is -1.49. The topological polar surface area (TPSA) is 42.9 Å². The lowest BCUT2D eigenvalue weighted by Crippen LogP contribution is -2.00. The summed E-state index contributed by atoms with van der Waals surface area (Å²) in [4.78, 5) is 20.2. The molecule has 0 spiro atoms. The fourth-order valence-corrected chi connectivity index (χ4v) is 3.11. The zero-order valence-corrected chi connectivity index (χ0v) is 12.5. The van der Waals surface area contributed by atoms with Gasteiger partial charge >= 0.3 is 0 Å². The zero-order chi connectivity index (χ0) is 14.1. The summed E-state index contributed by atoms with van der Waals surface area (Å²) in [6.45, 7) is 0. The number of Topliss-reactive ketones (excluding diaryl/α,β-unsaturated/α-hetero) is 1. The van der Waals surface area contributed by atoms with Gasteiger partial charge in [0.05, 0.1) is 16.4 Å². The molecule has 0 fully saturated rings. The van der Waals surface area contributed by atoms with Crippen LogP contribution in [0.25, 0.3) is 21.5 Å². The molecular weight excluding hydrogens is 315 g/mol. The maximum absolute atomic E-state index is 11.6. The zero-order valence-electron chi connectivity index (χ0n) is 10.1. The SMILES string of the molecule is O=C(CCl)c1csc(-c2ccc(Cl)c3cccnc23)n1. The Labute approximate surface area is 129 Å². The molecule has 3 nitrogen and oxygen atoms in total. The number of ketones is 1. The van der Waals surface area contributed by atoms with E-state index >= 15 is 0 Å². The lowest BCUT2D eigenvalue weighted by molar-refractivity contribution is 0.101. The molecule has 0 saturated carbocycles. The van der Waals surface area contributed by atoms with Gasteiger partial charge in [0.2, 0.25) is 0 Å². The number of benzene rings is 1. The van der Waals surface area contributed by atoms with Crippen LogP contribution in [0, 0.1) is 0 Å². The highest BCUT2D eigenvalue weighted by atomic mass is 35.5. The average Bonchev–Trinajstić information content (AvgIpc) is 2.97. The highest BCUT2D eigenvalue weighted by molar-refractivity contribution is 7.13. The fraction of sp³-hybridized carbons (Fsp3) is 0.0714. The van der Waals surface area contributed by atoms with Crippen LogP contribution in [-0.4, -0.2) is 21.6 Å². The number of hydrogen-bond acceptors (Lipinski definition) is 4. The molecule has 1 aromatic carbocycles. The summed E-state index contributed by atoms with van der Waals surface area (Å²) >= 11 is 13.1. The van der Waals surface area contributed by atoms with Crippen molar-refractivity contribution in [2.24, 2.45) is 0 Å². The van der Waals surface area contributed by atoms with E-state index in [1.165, 1.54) is 11.3 Å². The van der Waals surface area contributed by atoms with E-state index in [9.17, 15) is 4.79 Å². The molecule has 0 N–H and O–H groups in total. The van der Waals surface area contributed by atoms with Gasteiger partial charge in [-0.2, -0.15) is 0 Å². The second-order valence-electron chi connectivity index (χ2n) is 4.09. The fourth-order valence-electron chi connectivity index (χ4n) is 1.90. The van der Waals surface area contributed by atoms with Gasteiger partial charge in [0.1, 0.15) is 10.7 Å². The number of nitrogens with zero attached hydrogens (tertiary/aromatic N) is 2. The molecule has 3 rings (SSSR count). The van der Waals surface area contributed by atoms with Gasteiger partial charge in [0, 0.05) is 22.5 Å². The van der Waals surface area contributed by atoms with E-state index in [0.717, 1.165) is 21.5 Å². The van der Waals surface area contributed by atoms with E-state index in [1.54, 1.807) is 11.6 Å². The smallest absolute Gasteiger partial charge is 0.196 e. The third-order valence-electron chi connectivity index (χ3n) is 2.86. The van der Waals surface area contributed by atoms with Crippen molar-refractivity contribution in [2.45, 2.75) is 0 Å². The van der Waals surface area contributed by atoms with Crippen molar-refractivity contribution in [3.63, 3.8) is 0 Å². The van der Waals surface area contributed by atoms with Crippen molar-refractivity contribution in [2.75, 3.05) is 5.88 Å². The third-order valence-corrected chi connectivity index (χ3v) is 4.31. The summed E-state index contributed by atoms with van der Waals surface area (Å²) in [7, 11) is 0. The molecular formula is C14H8Cl2N2OS. The van der Waals surface area contributed by atoms with Gasteiger partial charge in [-0.15, -0.1) is 22.9 Å². The number of alkyl halides is 1. The van der Waals surface area contributed by atoms with E-state index in [4.69, 9.17) is 23.2 Å². The predicted octanol–water partition coefficient (Wildman–Crippen LogP) is 4.43. The molecule has 0 aliphatic heterocycles. The van der Waals surface area contributed by atoms with Gasteiger partial charge in [0.25, 0.3) is 0 Å². The quantitative estimate of drug-likeness (QED) is 0.529. The molecule has 100 valence electrons. The lowest BCUT2D eigenvalue weighted by Gasteiger charge is -2.04. The Morgan fingerprint density at radius 2 is 2.15 bits per heavy atom. The molecule has 0 atom stereocenters. The van der Waals surface area contributed by atoms with Gasteiger partial charge in [-0.1, -0.05) is 11.6 Å². The van der Waals surface area contributed by atoms with Crippen molar-refractivity contribution in [1.29, 1.82) is 0 Å². The van der Waals surface area contributed by atoms with Crippen molar-refractivity contribution < 1.29 is 4.79 Å². The molecule has 0 saturated heterocycles. The summed E-state index contributed by atoms with van der Waals surface area (Å²) in [5.41, 5.74) is 2.03. The number of aromatic nitrogens is 2. The highest BCUT2D eigenvalue weighted by Crippen LogP contribution is 2.33. The van der Waals surface area contributed by atoms with Crippen LogP contribution in [0.1, 0.15) is 10.5 Å². The molecule has 0 aliphatic rings. The summed E-state index contributed by atoms with van der Waals surface area (Å²) in [5.74, 6) is -0.247. The van der Waals surface area contributed by atoms with Crippen molar-refractivity contribution in [3.05, 3.63) is 46.6 Å². The van der Waals surface area contributed by atoms with Crippen LogP contribution in [0.3, 0.4) is 0 Å². The van der Waals surface area contributed by atoms with Crippen LogP contribution in [0.15, 0.2) is 35.8 Å². The molecule has 2 aromatic heterocycles. The van der Waals surface area contributed by atoms with E-state index < -0.39 is 0 Å². The minimum atomic E-state index is -0.180. The van der Waals surface area contributed by atoms with Gasteiger partial charge in [-0.25, -0.2) is 4.98 Å². The maximum atomic E-state index is 11.6. The molecule has 20 heavy (non-hydrogen) atoms. The van der Waals surface area contributed by atoms with Crippen molar-refractivity contribution >= 4 is 51.2 Å². The predicted molar refractivity (Wildman–Crippen MR) is 82.9 cm³/mol. The first kappa shape index (κ1) is 13.5. The van der Waals surface area contributed by atoms with Crippen molar-refractivity contribution in [1.82, 2.24) is 9.97 Å². The molecule has 2 heterocycles. The number of fused-ring (bicyclic) bond motifs is 1. The molecule has 0 amide bonds. The Morgan fingerprint density at radius 3 is 2.95 bits per heavy atom. The lowest BCUT2D eigenvalue weighted by atomic mass is 10.1. The van der Waals surface area contributed by atoms with Crippen molar-refractivity contribution in [3.8, 4) is 10.6 Å². The molecule has 3 aromatic rings. The number of hydrogen-bond donors (Lipinski definition) is 0. The van der Waals surface area contributed by atoms with Gasteiger partial charge < -0.3 is 0 Å². The minimum absolute atomic E-state index is 0.0667. The molecule has 0 unspecified atom stereocenters. The number of rotatable bonds is 3. The second kappa shape index (κ2) is 5.48. The van der Waals surface area contributed by atoms with Gasteiger partial charge in [-0.05, 0) is 24.3 Å². The maximum Gasteiger partial charge on any atom is 0.196 e. The van der Waals surface area contributed by atoms with E-state index in [1.807, 2.05) is 24.3 Å². The molecule has 0 radical (unpaired) electrons. The van der Waals surface area contributed by atoms with Crippen LogP contribution < -0.4 is 0 Å². The molecule has 6 heteroatoms. The first-order valence-corrected chi connectivity index (χ1v) is 7.58. The summed E-state index contributed by atoms with van der Waals surface area (Å²) < 4.78 is 0. The summed E-state index contributed by atoms with van der Waals surface area (Å²) in [5, 5.41) is 3.96. The monoisotopic (exact) mass is 322 g/mol. The minimum Gasteiger partial charge on any atom is -0.291 e. The number of carbonyl (C=O) groups is 1. The largest absolute Gasteiger partial charge is 0.291 e. The highest BCUT2D eigenvalue weighted by Gasteiger charge is 2.14. The first-order chi connectivity index (χ1) is 9.70. The van der Waals surface area contributed by atoms with E-state index in [2.05, 4.69) is 9.97 Å². The number of thiazole rings is 1. The Morgan fingerprint density at radius 1 is 1.30 bits per heavy atom. The van der Waals surface area contributed by atoms with E-state index in [0.29, 0.717) is 10.7 Å². The van der Waals surface area contributed by atoms with Crippen LogP contribution in [0.4, 0.5) is 0 Å². The number of carbonyl (C=O) groups excluding carboxylic acids is 1. The van der Waals surface area contributed by atoms with Gasteiger partial charge in [0.15, 0.2) is 5.78 Å². The summed E-state index contributed by atoms with van der Waals surface area (Å²) in [6.07, 6.45) is 1.71. The summed E-state index contributed by atoms with van der Waals surface area (Å²) in [6, 6.07) is 7.42. The van der Waals surface area contributed by atoms with Crippen LogP contribution >= 0.6 is 34.5 Å². The van der Waals surface area contributed by atoms with Crippen LogP contribution in [0.2, 0.25) is 5.02 Å². The van der Waals surface area contributed by atoms with E-state index in [-0.39, 0.29) is 11.7 Å². The molecule has 0 bridgehead atoms. The normalized spacial score (nSPS) is 10.9. The Balaban J connectivity index is 2.17. The van der Waals surface area contributed by atoms with Crippen LogP contribution in [0.5, 0.6) is 0 Å². The number of pyridine rings is 1.